The number of aryl methyl sites for hydroxylation is 4. The van der Waals surface area contributed by atoms with Gasteiger partial charge in [-0.25, -0.2) is 14.6 Å². The highest BCUT2D eigenvalue weighted by Crippen LogP contribution is 2.44. The predicted octanol–water partition coefficient (Wildman–Crippen LogP) is 10.1. The van der Waals surface area contributed by atoms with Gasteiger partial charge >= 0.3 is 17.6 Å². The van der Waals surface area contributed by atoms with E-state index in [4.69, 9.17) is 0 Å². The van der Waals surface area contributed by atoms with Crippen molar-refractivity contribution in [3.8, 4) is 0 Å². The molecule has 0 N–H and O–H groups in total. The predicted molar refractivity (Wildman–Crippen MR) is 286 cm³/mol. The number of carbonyl (C=O) groups is 3. The summed E-state index contributed by atoms with van der Waals surface area (Å²) in [7, 11) is 12.0. The number of halogens is 3. The van der Waals surface area contributed by atoms with Gasteiger partial charge in [-0.3, -0.25) is 37.4 Å². The van der Waals surface area contributed by atoms with Crippen LogP contribution in [0.5, 0.6) is 0 Å². The summed E-state index contributed by atoms with van der Waals surface area (Å²) >= 11 is 0. The summed E-state index contributed by atoms with van der Waals surface area (Å²) in [6.45, 7) is 23.4. The van der Waals surface area contributed by atoms with Gasteiger partial charge < -0.3 is 14.0 Å². The number of hydrogen-bond donors (Lipinski definition) is 0. The summed E-state index contributed by atoms with van der Waals surface area (Å²) in [6.07, 6.45) is 1.02. The molecular weight excluding hydrogens is 938 g/mol. The average molecular weight is 1020 g/mol. The average Bonchev–Trinajstić information content (AvgIpc) is 3.89. The third-order valence-corrected chi connectivity index (χ3v) is 14.6. The number of alkyl halides is 3. The van der Waals surface area contributed by atoms with Gasteiger partial charge in [0.15, 0.2) is 17.2 Å². The van der Waals surface area contributed by atoms with E-state index in [2.05, 4.69) is 62.5 Å². The number of anilines is 1. The molecule has 1 aromatic carbocycles. The van der Waals surface area contributed by atoms with Gasteiger partial charge in [-0.2, -0.15) is 13.2 Å². The number of likely N-dealkylation sites (N-methyl/N-ethyl adjacent to an activating group) is 1. The molecule has 6 heterocycles. The second-order valence-electron chi connectivity index (χ2n) is 21.3. The van der Waals surface area contributed by atoms with Crippen molar-refractivity contribution in [2.45, 2.75) is 140 Å². The van der Waals surface area contributed by atoms with Crippen molar-refractivity contribution in [2.24, 2.45) is 60.0 Å². The largest absolute Gasteiger partial charge is 0.433 e. The van der Waals surface area contributed by atoms with Gasteiger partial charge in [-0.05, 0) is 117 Å². The number of amides is 1. The molecule has 5 aromatic heterocycles. The van der Waals surface area contributed by atoms with E-state index < -0.39 is 23.0 Å². The fraction of sp³-hybridized carbons (Fsp3) is 0.554. The standard InChI is InChI=1S/C17H22N2O.C15H21NO2.C12H14F3N3O.C11H18N2O2.CH4/c1-10(2)13-7-11-8-15-12(9-14(11)18(13)5)17(3,4)16(20)19(15)6;1-9(2)11-5-6-13-12(7-11)8-16(4)15(18)14(13)10(3)17;1-6(2)7-5-8-10(16-9(7)12(13,14)15)18(4)11(19)17(8)3;1-6-8-9(10(14)7(2)3)13(5)11(15)12(8)4;/h7-10H,1-6H3;8-9,11H,5-7H2,1-4H3;5-6H,1-4H3;7H,6H2,1-5H3;1H4. The van der Waals surface area contributed by atoms with Crippen molar-refractivity contribution in [3.63, 3.8) is 0 Å². The summed E-state index contributed by atoms with van der Waals surface area (Å²) in [5.74, 6) is 1.50. The molecule has 1 aliphatic heterocycles. The second kappa shape index (κ2) is 22.1. The molecule has 400 valence electrons. The maximum atomic E-state index is 13.0. The Bertz CT molecular complexity index is 3260. The van der Waals surface area contributed by atoms with Crippen LogP contribution in [-0.2, 0) is 77.9 Å². The van der Waals surface area contributed by atoms with Crippen molar-refractivity contribution in [1.82, 2.24) is 32.4 Å². The first-order valence-electron chi connectivity index (χ1n) is 24.8. The van der Waals surface area contributed by atoms with Crippen LogP contribution in [-0.4, -0.2) is 56.9 Å². The molecule has 17 heteroatoms. The van der Waals surface area contributed by atoms with Gasteiger partial charge in [0.2, 0.25) is 5.91 Å². The molecule has 73 heavy (non-hydrogen) atoms. The molecule has 0 spiro atoms. The molecule has 0 fully saturated rings. The zero-order chi connectivity index (χ0) is 54.5. The Labute approximate surface area is 427 Å². The van der Waals surface area contributed by atoms with Gasteiger partial charge in [0, 0.05) is 89.4 Å². The van der Waals surface area contributed by atoms with Crippen molar-refractivity contribution < 1.29 is 27.6 Å². The fourth-order valence-electron chi connectivity index (χ4n) is 10.2. The van der Waals surface area contributed by atoms with E-state index in [0.29, 0.717) is 40.9 Å². The number of rotatable bonds is 7. The van der Waals surface area contributed by atoms with Crippen LogP contribution >= 0.6 is 0 Å². The molecule has 1 amide bonds. The Morgan fingerprint density at radius 2 is 1.37 bits per heavy atom. The summed E-state index contributed by atoms with van der Waals surface area (Å²) < 4.78 is 48.3. The number of ketones is 2. The first-order chi connectivity index (χ1) is 33.2. The Kier molecular flexibility index (Phi) is 17.9. The van der Waals surface area contributed by atoms with E-state index in [9.17, 15) is 41.9 Å². The monoisotopic (exact) mass is 1020 g/mol. The van der Waals surface area contributed by atoms with Crippen LogP contribution in [0, 0.1) is 17.8 Å². The number of imidazole rings is 2. The Balaban J connectivity index is 0.000000211. The molecule has 1 unspecified atom stereocenters. The number of fused-ring (bicyclic) bond motifs is 4. The minimum Gasteiger partial charge on any atom is -0.347 e. The lowest BCUT2D eigenvalue weighted by molar-refractivity contribution is -0.141. The van der Waals surface area contributed by atoms with E-state index in [1.807, 2.05) is 47.9 Å². The van der Waals surface area contributed by atoms with Gasteiger partial charge in [0.1, 0.15) is 11.4 Å². The number of Topliss-reactive ketones (excluding diaryl/α,β-unsaturated/α-hetero) is 2. The molecule has 0 saturated carbocycles. The zero-order valence-corrected chi connectivity index (χ0v) is 45.8. The summed E-state index contributed by atoms with van der Waals surface area (Å²) in [5, 5.41) is 1.22. The van der Waals surface area contributed by atoms with Crippen molar-refractivity contribution >= 4 is 45.2 Å². The zero-order valence-electron chi connectivity index (χ0n) is 45.8. The van der Waals surface area contributed by atoms with Crippen LogP contribution in [0.1, 0.15) is 169 Å². The molecule has 8 rings (SSSR count). The first-order valence-corrected chi connectivity index (χ1v) is 24.8. The van der Waals surface area contributed by atoms with E-state index in [0.717, 1.165) is 46.3 Å². The minimum absolute atomic E-state index is 0. The number of hydrogen-bond acceptors (Lipinski definition) is 7. The SMILES string of the molecule is C.CC(=O)c1c2c(cn(C)c1=O)CC(C(C)C)CC2.CC(C)c1cc2c(nc1C(F)(F)F)n(C)c(=O)n2C.CC(C)c1cc2cc3c(cc2n1C)C(C)(C)C(=O)N3C.CCc1c(C(=O)C(C)C)n(C)c(=O)n1C. The second-order valence-corrected chi connectivity index (χ2v) is 21.3. The van der Waals surface area contributed by atoms with Crippen LogP contribution in [0.2, 0.25) is 0 Å². The highest BCUT2D eigenvalue weighted by molar-refractivity contribution is 6.09. The van der Waals surface area contributed by atoms with Gasteiger partial charge in [0.25, 0.3) is 5.56 Å². The number of aromatic nitrogens is 7. The lowest BCUT2D eigenvalue weighted by Gasteiger charge is -2.28. The summed E-state index contributed by atoms with van der Waals surface area (Å²) in [6, 6.07) is 7.99. The summed E-state index contributed by atoms with van der Waals surface area (Å²) in [5.41, 5.74) is 7.23. The van der Waals surface area contributed by atoms with Gasteiger partial charge in [-0.15, -0.1) is 0 Å². The van der Waals surface area contributed by atoms with Gasteiger partial charge in [-0.1, -0.05) is 69.7 Å². The molecule has 1 atom stereocenters. The third-order valence-electron chi connectivity index (χ3n) is 14.6. The molecule has 1 aliphatic carbocycles. The molecule has 14 nitrogen and oxygen atoms in total. The van der Waals surface area contributed by atoms with Crippen LogP contribution < -0.4 is 21.8 Å². The minimum atomic E-state index is -4.53. The van der Waals surface area contributed by atoms with E-state index in [1.165, 1.54) is 58.4 Å². The quantitative estimate of drug-likeness (QED) is 0.145. The number of benzene rings is 1. The smallest absolute Gasteiger partial charge is 0.347 e. The van der Waals surface area contributed by atoms with Gasteiger partial charge in [0.05, 0.1) is 16.5 Å². The lowest BCUT2D eigenvalue weighted by Crippen LogP contribution is -2.33. The molecule has 0 saturated heterocycles. The highest BCUT2D eigenvalue weighted by Gasteiger charge is 2.43. The fourth-order valence-corrected chi connectivity index (χ4v) is 10.2. The molecular formula is C56H79F3N8O6. The maximum Gasteiger partial charge on any atom is 0.433 e. The van der Waals surface area contributed by atoms with E-state index in [-0.39, 0.29) is 59.2 Å². The molecule has 0 bridgehead atoms. The molecule has 2 aliphatic rings. The van der Waals surface area contributed by atoms with Crippen LogP contribution in [0.25, 0.3) is 22.1 Å². The third kappa shape index (κ3) is 11.2. The van der Waals surface area contributed by atoms with Crippen LogP contribution in [0.3, 0.4) is 0 Å². The Hall–Kier alpha value is -6.26. The first kappa shape index (κ1) is 59.3. The summed E-state index contributed by atoms with van der Waals surface area (Å²) in [4.78, 5) is 76.9. The lowest BCUT2D eigenvalue weighted by atomic mass is 9.77. The normalized spacial score (nSPS) is 15.0. The van der Waals surface area contributed by atoms with E-state index >= 15 is 0 Å². The van der Waals surface area contributed by atoms with Crippen LogP contribution in [0.4, 0.5) is 18.9 Å². The van der Waals surface area contributed by atoms with Crippen LogP contribution in [0.15, 0.2) is 44.8 Å². The Morgan fingerprint density at radius 1 is 0.781 bits per heavy atom. The number of carbonyl (C=O) groups excluding carboxylic acids is 3. The Morgan fingerprint density at radius 3 is 1.88 bits per heavy atom. The molecule has 6 aromatic rings. The highest BCUT2D eigenvalue weighted by atomic mass is 19.4. The van der Waals surface area contributed by atoms with Crippen molar-refractivity contribution in [1.29, 1.82) is 0 Å². The number of pyridine rings is 2. The van der Waals surface area contributed by atoms with Crippen molar-refractivity contribution in [3.05, 3.63) is 112 Å². The maximum absolute atomic E-state index is 13.0. The van der Waals surface area contributed by atoms with E-state index in [1.54, 1.807) is 49.0 Å². The molecule has 0 radical (unpaired) electrons. The van der Waals surface area contributed by atoms with Crippen molar-refractivity contribution in [2.75, 3.05) is 11.9 Å². The number of nitrogens with zero attached hydrogens (tertiary/aromatic N) is 8. The topological polar surface area (TPSA) is 148 Å².